The van der Waals surface area contributed by atoms with Crippen molar-refractivity contribution in [2.75, 3.05) is 6.61 Å². The van der Waals surface area contributed by atoms with E-state index in [1.54, 1.807) is 6.26 Å². The maximum atomic E-state index is 6.31. The molecular formula is C18H12O3. The monoisotopic (exact) mass is 276 g/mol. The average Bonchev–Trinajstić information content (AvgIpc) is 2.92. The summed E-state index contributed by atoms with van der Waals surface area (Å²) < 4.78 is 17.5. The van der Waals surface area contributed by atoms with Gasteiger partial charge in [0.2, 0.25) is 5.60 Å². The summed E-state index contributed by atoms with van der Waals surface area (Å²) in [5.74, 6) is 2.49. The highest BCUT2D eigenvalue weighted by Gasteiger charge is 2.46. The summed E-state index contributed by atoms with van der Waals surface area (Å²) in [6.45, 7) is 0.606. The lowest BCUT2D eigenvalue weighted by Gasteiger charge is -2.36. The van der Waals surface area contributed by atoms with Gasteiger partial charge in [0.1, 0.15) is 18.1 Å². The van der Waals surface area contributed by atoms with Crippen molar-refractivity contribution in [3.63, 3.8) is 0 Å². The van der Waals surface area contributed by atoms with Crippen LogP contribution >= 0.6 is 0 Å². The molecule has 0 radical (unpaired) electrons. The van der Waals surface area contributed by atoms with Gasteiger partial charge in [-0.3, -0.25) is 0 Å². The van der Waals surface area contributed by atoms with E-state index in [0.29, 0.717) is 6.61 Å². The van der Waals surface area contributed by atoms with Gasteiger partial charge in [0.05, 0.1) is 6.26 Å². The third kappa shape index (κ3) is 1.38. The van der Waals surface area contributed by atoms with Crippen LogP contribution in [0.25, 0.3) is 12.2 Å². The molecule has 3 nitrogen and oxygen atoms in total. The number of hydrogen-bond acceptors (Lipinski definition) is 3. The van der Waals surface area contributed by atoms with Crippen LogP contribution in [0.5, 0.6) is 11.5 Å². The van der Waals surface area contributed by atoms with Crippen molar-refractivity contribution in [3.05, 3.63) is 71.2 Å². The van der Waals surface area contributed by atoms with Crippen molar-refractivity contribution < 1.29 is 14.2 Å². The van der Waals surface area contributed by atoms with Crippen molar-refractivity contribution >= 4 is 12.2 Å². The fourth-order valence-electron chi connectivity index (χ4n) is 3.14. The third-order valence-corrected chi connectivity index (χ3v) is 4.17. The molecule has 4 aliphatic rings. The zero-order valence-electron chi connectivity index (χ0n) is 11.2. The molecule has 1 atom stereocenters. The van der Waals surface area contributed by atoms with Gasteiger partial charge in [-0.05, 0) is 24.3 Å². The van der Waals surface area contributed by atoms with Gasteiger partial charge in [0.25, 0.3) is 0 Å². The van der Waals surface area contributed by atoms with Crippen LogP contribution in [-0.2, 0) is 4.74 Å². The standard InChI is InChI=1S/C18H12O3/c1-4-14-10-13-9-12-3-2-7-19-15(12)11-16(13)21-18(14)6-8-20-17(18)5-1/h1-6,8-11H,7H2. The first kappa shape index (κ1) is 11.0. The molecule has 3 heteroatoms. The van der Waals surface area contributed by atoms with Crippen LogP contribution in [0.2, 0.25) is 0 Å². The van der Waals surface area contributed by atoms with E-state index in [2.05, 4.69) is 24.3 Å². The largest absolute Gasteiger partial charge is 0.489 e. The van der Waals surface area contributed by atoms with Crippen molar-refractivity contribution in [1.29, 1.82) is 0 Å². The van der Waals surface area contributed by atoms with Crippen LogP contribution in [-0.4, -0.2) is 12.2 Å². The average molecular weight is 276 g/mol. The number of benzene rings is 1. The van der Waals surface area contributed by atoms with E-state index in [0.717, 1.165) is 34.0 Å². The Morgan fingerprint density at radius 3 is 3.05 bits per heavy atom. The Labute approximate surface area is 122 Å². The Balaban J connectivity index is 1.72. The maximum Gasteiger partial charge on any atom is 0.212 e. The number of allylic oxidation sites excluding steroid dienone is 2. The molecule has 0 N–H and O–H groups in total. The van der Waals surface area contributed by atoms with Gasteiger partial charge in [-0.15, -0.1) is 0 Å². The molecule has 0 bridgehead atoms. The minimum Gasteiger partial charge on any atom is -0.489 e. The van der Waals surface area contributed by atoms with Gasteiger partial charge in [-0.25, -0.2) is 0 Å². The van der Waals surface area contributed by atoms with Crippen molar-refractivity contribution in [3.8, 4) is 11.5 Å². The number of fused-ring (bicyclic) bond motifs is 2. The van der Waals surface area contributed by atoms with E-state index < -0.39 is 5.60 Å². The molecule has 102 valence electrons. The number of ether oxygens (including phenoxy) is 3. The van der Waals surface area contributed by atoms with Crippen LogP contribution in [0.1, 0.15) is 11.1 Å². The van der Waals surface area contributed by atoms with Crippen LogP contribution < -0.4 is 9.47 Å². The summed E-state index contributed by atoms with van der Waals surface area (Å²) in [4.78, 5) is 0. The lowest BCUT2D eigenvalue weighted by atomic mass is 9.84. The van der Waals surface area contributed by atoms with Crippen molar-refractivity contribution in [2.45, 2.75) is 5.60 Å². The van der Waals surface area contributed by atoms with Gasteiger partial charge in [-0.2, -0.15) is 0 Å². The summed E-state index contributed by atoms with van der Waals surface area (Å²) in [6.07, 6.45) is 15.9. The fourth-order valence-corrected chi connectivity index (χ4v) is 3.14. The Hall–Kier alpha value is -2.68. The van der Waals surface area contributed by atoms with Crippen molar-refractivity contribution in [1.82, 2.24) is 0 Å². The highest BCUT2D eigenvalue weighted by molar-refractivity contribution is 5.76. The molecule has 3 aliphatic heterocycles. The van der Waals surface area contributed by atoms with E-state index >= 15 is 0 Å². The first-order chi connectivity index (χ1) is 10.4. The van der Waals surface area contributed by atoms with Gasteiger partial charge >= 0.3 is 0 Å². The number of rotatable bonds is 0. The SMILES string of the molecule is C1=CC2=Cc3cc4c(cc3OC23C=COC3=C1)OCC=C4. The zero-order valence-corrected chi connectivity index (χ0v) is 11.2. The Kier molecular flexibility index (Phi) is 1.94. The lowest BCUT2D eigenvalue weighted by molar-refractivity contribution is 0.154. The molecule has 1 aliphatic carbocycles. The first-order valence-corrected chi connectivity index (χ1v) is 6.97. The van der Waals surface area contributed by atoms with Crippen LogP contribution in [0.15, 0.2) is 60.1 Å². The molecule has 21 heavy (non-hydrogen) atoms. The van der Waals surface area contributed by atoms with E-state index in [1.165, 1.54) is 0 Å². The number of hydrogen-bond donors (Lipinski definition) is 0. The van der Waals surface area contributed by atoms with Crippen molar-refractivity contribution in [2.24, 2.45) is 0 Å². The molecule has 0 aromatic heterocycles. The van der Waals surface area contributed by atoms with Gasteiger partial charge in [0.15, 0.2) is 5.76 Å². The molecular weight excluding hydrogens is 264 g/mol. The minimum absolute atomic E-state index is 0.606. The second-order valence-electron chi connectivity index (χ2n) is 5.39. The molecule has 0 amide bonds. The Morgan fingerprint density at radius 2 is 2.05 bits per heavy atom. The molecule has 1 spiro atoms. The van der Waals surface area contributed by atoms with Crippen LogP contribution in [0.3, 0.4) is 0 Å². The van der Waals surface area contributed by atoms with E-state index in [-0.39, 0.29) is 0 Å². The fraction of sp³-hybridized carbons (Fsp3) is 0.111. The second-order valence-corrected chi connectivity index (χ2v) is 5.39. The van der Waals surface area contributed by atoms with Crippen LogP contribution in [0, 0.1) is 0 Å². The summed E-state index contributed by atoms with van der Waals surface area (Å²) in [7, 11) is 0. The van der Waals surface area contributed by atoms with Gasteiger partial charge in [0, 0.05) is 28.8 Å². The first-order valence-electron chi connectivity index (χ1n) is 6.97. The maximum absolute atomic E-state index is 6.31. The normalized spacial score (nSPS) is 26.3. The molecule has 0 fully saturated rings. The summed E-state index contributed by atoms with van der Waals surface area (Å²) in [5.41, 5.74) is 2.63. The summed E-state index contributed by atoms with van der Waals surface area (Å²) in [6, 6.07) is 4.07. The van der Waals surface area contributed by atoms with E-state index in [4.69, 9.17) is 14.2 Å². The molecule has 1 unspecified atom stereocenters. The zero-order chi connectivity index (χ0) is 13.9. The summed E-state index contributed by atoms with van der Waals surface area (Å²) >= 11 is 0. The Bertz CT molecular complexity index is 808. The molecule has 1 aromatic rings. The predicted molar refractivity (Wildman–Crippen MR) is 79.8 cm³/mol. The van der Waals surface area contributed by atoms with E-state index in [1.807, 2.05) is 30.4 Å². The second kappa shape index (κ2) is 3.70. The highest BCUT2D eigenvalue weighted by atomic mass is 16.6. The van der Waals surface area contributed by atoms with Crippen LogP contribution in [0.4, 0.5) is 0 Å². The predicted octanol–water partition coefficient (Wildman–Crippen LogP) is 3.60. The summed E-state index contributed by atoms with van der Waals surface area (Å²) in [5, 5.41) is 0. The topological polar surface area (TPSA) is 27.7 Å². The third-order valence-electron chi connectivity index (χ3n) is 4.17. The molecule has 1 aromatic carbocycles. The molecule has 5 rings (SSSR count). The minimum atomic E-state index is -0.611. The van der Waals surface area contributed by atoms with Gasteiger partial charge in [-0.1, -0.05) is 18.2 Å². The highest BCUT2D eigenvalue weighted by Crippen LogP contribution is 2.47. The van der Waals surface area contributed by atoms with E-state index in [9.17, 15) is 0 Å². The molecule has 0 saturated carbocycles. The van der Waals surface area contributed by atoms with Gasteiger partial charge < -0.3 is 14.2 Å². The molecule has 0 saturated heterocycles. The smallest absolute Gasteiger partial charge is 0.212 e. The lowest BCUT2D eigenvalue weighted by Crippen LogP contribution is -2.39. The Morgan fingerprint density at radius 1 is 1.05 bits per heavy atom. The quantitative estimate of drug-likeness (QED) is 0.724. The molecule has 3 heterocycles.